The fourth-order valence-electron chi connectivity index (χ4n) is 11.2. The smallest absolute Gasteiger partial charge is 0.163 e. The minimum atomic E-state index is -0.440. The van der Waals surface area contributed by atoms with Gasteiger partial charge in [-0.05, 0) is 182 Å². The van der Waals surface area contributed by atoms with Crippen LogP contribution >= 0.6 is 0 Å². The summed E-state index contributed by atoms with van der Waals surface area (Å²) in [5.41, 5.74) is 13.9. The highest BCUT2D eigenvalue weighted by Gasteiger charge is 2.45. The fourth-order valence-corrected chi connectivity index (χ4v) is 11.2. The number of hydrogen-bond donors (Lipinski definition) is 7. The first-order valence-electron chi connectivity index (χ1n) is 24.2. The van der Waals surface area contributed by atoms with E-state index in [4.69, 9.17) is 10.5 Å². The number of fused-ring (bicyclic) bond motifs is 2. The predicted octanol–water partition coefficient (Wildman–Crippen LogP) is 7.30. The molecule has 1 saturated heterocycles. The van der Waals surface area contributed by atoms with Gasteiger partial charge in [0.05, 0.1) is 26.3 Å². The minimum absolute atomic E-state index is 0.0491. The number of benzene rings is 3. The van der Waals surface area contributed by atoms with Crippen LogP contribution in [0.4, 0.5) is 0 Å². The Morgan fingerprint density at radius 2 is 1.71 bits per heavy atom. The molecule has 10 heteroatoms. The Morgan fingerprint density at radius 3 is 2.49 bits per heavy atom. The zero-order chi connectivity index (χ0) is 45.5. The number of piperidine rings is 1. The number of ether oxygens (including phenoxy) is 1. The Morgan fingerprint density at radius 1 is 0.938 bits per heavy atom. The second kappa shape index (κ2) is 24.1. The van der Waals surface area contributed by atoms with Crippen molar-refractivity contribution < 1.29 is 29.6 Å². The van der Waals surface area contributed by atoms with E-state index in [0.717, 1.165) is 82.1 Å². The van der Waals surface area contributed by atoms with Crippen molar-refractivity contribution in [2.75, 3.05) is 40.0 Å². The van der Waals surface area contributed by atoms with Crippen LogP contribution in [0.15, 0.2) is 108 Å². The number of dihydropyridines is 1. The molecule has 3 aliphatic heterocycles. The van der Waals surface area contributed by atoms with Crippen LogP contribution in [0.1, 0.15) is 92.0 Å². The number of phenols is 1. The van der Waals surface area contributed by atoms with Gasteiger partial charge in [0.1, 0.15) is 5.78 Å². The molecule has 1 aliphatic carbocycles. The van der Waals surface area contributed by atoms with Crippen LogP contribution < -0.4 is 26.4 Å². The largest absolute Gasteiger partial charge is 0.504 e. The summed E-state index contributed by atoms with van der Waals surface area (Å²) >= 11 is 0. The molecular weight excluding hydrogens is 813 g/mol. The molecule has 1 unspecified atom stereocenters. The predicted molar refractivity (Wildman–Crippen MR) is 259 cm³/mol. The van der Waals surface area contributed by atoms with Crippen molar-refractivity contribution in [3.8, 4) is 11.5 Å². The molecule has 4 aliphatic rings. The molecule has 3 heterocycles. The van der Waals surface area contributed by atoms with Crippen molar-refractivity contribution in [3.63, 3.8) is 0 Å². The van der Waals surface area contributed by atoms with Gasteiger partial charge in [-0.1, -0.05) is 73.2 Å². The van der Waals surface area contributed by atoms with E-state index in [1.165, 1.54) is 42.7 Å². The summed E-state index contributed by atoms with van der Waals surface area (Å²) < 4.78 is 5.48. The molecule has 2 fully saturated rings. The van der Waals surface area contributed by atoms with Crippen LogP contribution in [0, 0.1) is 29.6 Å². The number of hydrogen-bond acceptors (Lipinski definition) is 10. The number of nitrogens with one attached hydrogen (secondary N) is 3. The molecule has 7 atom stereocenters. The molecule has 0 amide bonds. The molecule has 7 rings (SSSR count). The van der Waals surface area contributed by atoms with E-state index in [1.807, 2.05) is 18.3 Å². The Labute approximate surface area is 386 Å². The quantitative estimate of drug-likeness (QED) is 0.0292. The zero-order valence-corrected chi connectivity index (χ0v) is 38.4. The Bertz CT molecular complexity index is 2180. The molecule has 0 bridgehead atoms. The maximum absolute atomic E-state index is 13.6. The molecule has 3 aromatic rings. The monoisotopic (exact) mass is 885 g/mol. The topological polar surface area (TPSA) is 166 Å². The van der Waals surface area contributed by atoms with Crippen LogP contribution in [0.25, 0.3) is 5.57 Å². The first-order valence-corrected chi connectivity index (χ1v) is 24.2. The number of ketones is 2. The van der Waals surface area contributed by atoms with Gasteiger partial charge in [0, 0.05) is 31.8 Å². The fraction of sp³-hybridized carbons (Fsp3) is 0.491. The number of methoxy groups -OCH3 is 1. The van der Waals surface area contributed by atoms with Crippen LogP contribution in [0.5, 0.6) is 11.5 Å². The standard InChI is InChI=1S/C55H72N4O6/c1-65-53-33-50(43(30-52(53)64)28-44-35-59-54(56)31-41(44)20-19-40-12-5-11-39(25-40)18-17-37-9-3-2-4-10-37)46(36-61)29-48(63)32-47(62)16-6-13-38(14-8-24-60)26-51-49-21-23-57-34-45(49)27-42-15-7-22-58-55(42)51/h2-5,7,9-12,15,25,29-31,33,35,38,42,45,49,51,54-55,57-61,64H,6,8,13-14,16-24,26-28,32,34,36,56H2,1H3/b46-29+/t38-,42+,45-,49+,51+,54?,55-/m1/s1. The lowest BCUT2D eigenvalue weighted by molar-refractivity contribution is -0.124. The number of nitrogens with two attached hydrogens (primary N) is 1. The van der Waals surface area contributed by atoms with Crippen molar-refractivity contribution in [2.45, 2.75) is 102 Å². The summed E-state index contributed by atoms with van der Waals surface area (Å²) in [7, 11) is 1.46. The Kier molecular flexibility index (Phi) is 17.8. The number of Topliss-reactive ketones (excluding diaryl/α,β-unsaturated/α-hetero) is 1. The normalized spacial score (nSPS) is 23.4. The summed E-state index contributed by atoms with van der Waals surface area (Å²) in [6.07, 6.45) is 20.5. The highest BCUT2D eigenvalue weighted by Crippen LogP contribution is 2.46. The minimum Gasteiger partial charge on any atom is -0.504 e. The lowest BCUT2D eigenvalue weighted by Crippen LogP contribution is -2.56. The number of phenolic OH excluding ortho intramolecular Hbond substituents is 1. The summed E-state index contributed by atoms with van der Waals surface area (Å²) in [5, 5.41) is 42.2. The molecule has 0 spiro atoms. The third-order valence-electron chi connectivity index (χ3n) is 14.5. The van der Waals surface area contributed by atoms with E-state index in [2.05, 4.69) is 76.6 Å². The maximum atomic E-state index is 13.6. The lowest BCUT2D eigenvalue weighted by Gasteiger charge is -2.51. The van der Waals surface area contributed by atoms with Gasteiger partial charge < -0.3 is 41.7 Å². The van der Waals surface area contributed by atoms with E-state index in [0.29, 0.717) is 71.6 Å². The number of carbonyl (C=O) groups is 2. The number of aryl methyl sites for hydroxylation is 3. The van der Waals surface area contributed by atoms with Crippen LogP contribution in [-0.2, 0) is 35.3 Å². The first kappa shape index (κ1) is 48.1. The SMILES string of the molecule is COc1cc(/C(=C/C(=O)CC(=O)CCC[C@H](CCCO)C[C@H]2[C@H]3CCNC[C@H]3C[C@@H]3C=CCN[C@@H]23)CO)c(CC2=CNC(N)C=C2CCc2cccc(CCc3ccccc3)c2)cc1O. The van der Waals surface area contributed by atoms with Gasteiger partial charge in [0.15, 0.2) is 17.3 Å². The van der Waals surface area contributed by atoms with Crippen molar-refractivity contribution in [1.82, 2.24) is 16.0 Å². The molecule has 65 heavy (non-hydrogen) atoms. The van der Waals surface area contributed by atoms with Crippen LogP contribution in [0.2, 0.25) is 0 Å². The van der Waals surface area contributed by atoms with Gasteiger partial charge in [-0.2, -0.15) is 0 Å². The average molecular weight is 885 g/mol. The average Bonchev–Trinajstić information content (AvgIpc) is 3.32. The zero-order valence-electron chi connectivity index (χ0n) is 38.4. The molecule has 8 N–H and O–H groups in total. The number of aliphatic hydroxyl groups excluding tert-OH is 2. The number of allylic oxidation sites excluding steroid dienone is 3. The summed E-state index contributed by atoms with van der Waals surface area (Å²) in [6, 6.07) is 23.0. The van der Waals surface area contributed by atoms with E-state index >= 15 is 0 Å². The van der Waals surface area contributed by atoms with E-state index in [-0.39, 0.29) is 42.3 Å². The summed E-state index contributed by atoms with van der Waals surface area (Å²) in [4.78, 5) is 26.9. The number of aliphatic hydroxyl groups is 2. The molecule has 0 aromatic heterocycles. The highest BCUT2D eigenvalue weighted by atomic mass is 16.5. The van der Waals surface area contributed by atoms with Crippen molar-refractivity contribution in [3.05, 3.63) is 136 Å². The lowest BCUT2D eigenvalue weighted by atomic mass is 9.60. The third-order valence-corrected chi connectivity index (χ3v) is 14.5. The third kappa shape index (κ3) is 13.4. The van der Waals surface area contributed by atoms with Gasteiger partial charge in [0.2, 0.25) is 0 Å². The van der Waals surface area contributed by atoms with Gasteiger partial charge in [0.25, 0.3) is 0 Å². The Hall–Kier alpha value is -4.84. The summed E-state index contributed by atoms with van der Waals surface area (Å²) in [5.74, 6) is 2.59. The van der Waals surface area contributed by atoms with Crippen LogP contribution in [0.3, 0.4) is 0 Å². The highest BCUT2D eigenvalue weighted by molar-refractivity contribution is 6.07. The molecule has 3 aromatic carbocycles. The number of aromatic hydroxyl groups is 1. The Balaban J connectivity index is 0.977. The van der Waals surface area contributed by atoms with Gasteiger partial charge >= 0.3 is 0 Å². The van der Waals surface area contributed by atoms with E-state index in [1.54, 1.807) is 12.1 Å². The van der Waals surface area contributed by atoms with E-state index in [9.17, 15) is 24.9 Å². The molecule has 348 valence electrons. The molecule has 1 saturated carbocycles. The van der Waals surface area contributed by atoms with Gasteiger partial charge in [-0.25, -0.2) is 0 Å². The second-order valence-corrected chi connectivity index (χ2v) is 18.9. The maximum Gasteiger partial charge on any atom is 0.163 e. The van der Waals surface area contributed by atoms with Crippen LogP contribution in [-0.4, -0.2) is 79.1 Å². The number of rotatable bonds is 23. The van der Waals surface area contributed by atoms with Crippen molar-refractivity contribution in [1.29, 1.82) is 0 Å². The van der Waals surface area contributed by atoms with Crippen molar-refractivity contribution >= 4 is 17.1 Å². The van der Waals surface area contributed by atoms with Gasteiger partial charge in [-0.3, -0.25) is 9.59 Å². The van der Waals surface area contributed by atoms with Gasteiger partial charge in [-0.15, -0.1) is 0 Å². The molecular formula is C55H72N4O6. The first-order chi connectivity index (χ1) is 31.7. The molecule has 0 radical (unpaired) electrons. The second-order valence-electron chi connectivity index (χ2n) is 18.9. The van der Waals surface area contributed by atoms with Crippen molar-refractivity contribution in [2.24, 2.45) is 35.3 Å². The number of carbonyl (C=O) groups excluding carboxylic acids is 2. The summed E-state index contributed by atoms with van der Waals surface area (Å²) in [6.45, 7) is 2.80. The van der Waals surface area contributed by atoms with E-state index < -0.39 is 6.61 Å². The molecule has 10 nitrogen and oxygen atoms in total.